The van der Waals surface area contributed by atoms with E-state index in [1.807, 2.05) is 0 Å². The number of hydrogen-bond donors (Lipinski definition) is 2. The molecule has 0 radical (unpaired) electrons. The van der Waals surface area contributed by atoms with Gasteiger partial charge >= 0.3 is 12.1 Å². The summed E-state index contributed by atoms with van der Waals surface area (Å²) in [4.78, 5) is 27.3. The molecule has 0 aliphatic heterocycles. The Morgan fingerprint density at radius 3 is 2.43 bits per heavy atom. The third kappa shape index (κ3) is 4.49. The Labute approximate surface area is 212 Å². The highest BCUT2D eigenvalue weighted by molar-refractivity contribution is 5.74. The highest BCUT2D eigenvalue weighted by atomic mass is 16.6. The first-order chi connectivity index (χ1) is 16.6. The van der Waals surface area contributed by atoms with Crippen molar-refractivity contribution in [1.82, 2.24) is 10.2 Å². The van der Waals surface area contributed by atoms with Crippen molar-refractivity contribution in [3.05, 3.63) is 0 Å². The maximum atomic E-state index is 12.6. The molecule has 8 atom stereocenters. The fourth-order valence-electron chi connectivity index (χ4n) is 8.96. The van der Waals surface area contributed by atoms with Crippen molar-refractivity contribution < 1.29 is 19.1 Å². The van der Waals surface area contributed by atoms with Crippen LogP contribution in [0.5, 0.6) is 0 Å². The lowest BCUT2D eigenvalue weighted by atomic mass is 9.42. The lowest BCUT2D eigenvalue weighted by Crippen LogP contribution is -2.66. The Morgan fingerprint density at radius 1 is 1.00 bits per heavy atom. The molecule has 4 aliphatic rings. The van der Waals surface area contributed by atoms with Crippen LogP contribution in [-0.2, 0) is 14.3 Å². The quantitative estimate of drug-likeness (QED) is 0.515. The summed E-state index contributed by atoms with van der Waals surface area (Å²) >= 11 is 0. The summed E-state index contributed by atoms with van der Waals surface area (Å²) in [6, 6.07) is 0. The summed E-state index contributed by atoms with van der Waals surface area (Å²) in [6.07, 6.45) is 8.88. The molecule has 4 aliphatic carbocycles. The predicted octanol–water partition coefficient (Wildman–Crippen LogP) is 4.34. The minimum absolute atomic E-state index is 0.00829. The normalized spacial score (nSPS) is 42.5. The van der Waals surface area contributed by atoms with Gasteiger partial charge in [0, 0.05) is 18.6 Å². The second kappa shape index (κ2) is 10.2. The number of amides is 1. The zero-order chi connectivity index (χ0) is 25.4. The molecule has 0 heterocycles. The molecule has 7 nitrogen and oxygen atoms in total. The highest BCUT2D eigenvalue weighted by Crippen LogP contribution is 2.68. The predicted molar refractivity (Wildman–Crippen MR) is 137 cm³/mol. The van der Waals surface area contributed by atoms with Gasteiger partial charge in [0.05, 0.1) is 13.0 Å². The minimum atomic E-state index is -0.291. The van der Waals surface area contributed by atoms with Crippen LogP contribution in [0.1, 0.15) is 85.5 Å². The van der Waals surface area contributed by atoms with E-state index in [-0.39, 0.29) is 40.5 Å². The molecule has 1 amide bonds. The number of likely N-dealkylation sites (N-methyl/N-ethyl adjacent to an activating group) is 1. The summed E-state index contributed by atoms with van der Waals surface area (Å²) in [7, 11) is 1.51. The van der Waals surface area contributed by atoms with E-state index < -0.39 is 0 Å². The fourth-order valence-corrected chi connectivity index (χ4v) is 8.96. The van der Waals surface area contributed by atoms with Crippen molar-refractivity contribution in [2.45, 2.75) is 97.1 Å². The van der Waals surface area contributed by atoms with Crippen molar-refractivity contribution in [2.75, 3.05) is 33.3 Å². The van der Waals surface area contributed by atoms with E-state index in [1.165, 1.54) is 7.11 Å². The molecule has 3 N–H and O–H groups in total. The summed E-state index contributed by atoms with van der Waals surface area (Å²) in [5.41, 5.74) is 7.08. The van der Waals surface area contributed by atoms with Gasteiger partial charge in [-0.15, -0.1) is 0 Å². The van der Waals surface area contributed by atoms with Gasteiger partial charge in [-0.3, -0.25) is 4.79 Å². The number of nitrogens with zero attached hydrogens (tertiary/aromatic N) is 1. The molecule has 0 saturated heterocycles. The fraction of sp³-hybridized carbons (Fsp3) is 0.929. The van der Waals surface area contributed by atoms with Crippen LogP contribution in [0.15, 0.2) is 0 Å². The van der Waals surface area contributed by atoms with Gasteiger partial charge < -0.3 is 25.4 Å². The number of esters is 1. The van der Waals surface area contributed by atoms with Gasteiger partial charge in [0.15, 0.2) is 0 Å². The van der Waals surface area contributed by atoms with Crippen molar-refractivity contribution in [1.29, 1.82) is 0 Å². The van der Waals surface area contributed by atoms with Crippen molar-refractivity contribution >= 4 is 12.1 Å². The topological polar surface area (TPSA) is 93.9 Å². The van der Waals surface area contributed by atoms with E-state index in [0.717, 1.165) is 77.4 Å². The third-order valence-electron chi connectivity index (χ3n) is 11.3. The molecular formula is C28H49N3O4. The molecule has 0 unspecified atom stereocenters. The van der Waals surface area contributed by atoms with Gasteiger partial charge in [0.2, 0.25) is 0 Å². The summed E-state index contributed by atoms with van der Waals surface area (Å²) in [6.45, 7) is 12.5. The number of fused-ring (bicyclic) bond motifs is 5. The average molecular weight is 492 g/mol. The van der Waals surface area contributed by atoms with E-state index in [9.17, 15) is 9.59 Å². The number of hydrogen-bond acceptors (Lipinski definition) is 6. The van der Waals surface area contributed by atoms with E-state index in [0.29, 0.717) is 24.3 Å². The van der Waals surface area contributed by atoms with Crippen LogP contribution >= 0.6 is 0 Å². The first kappa shape index (κ1) is 26.7. The number of ether oxygens (including phenoxy) is 2. The molecular weight excluding hydrogens is 442 g/mol. The number of carbonyl (C=O) groups excluding carboxylic acids is 2. The summed E-state index contributed by atoms with van der Waals surface area (Å²) in [5, 5.41) is 2.95. The Bertz CT molecular complexity index is 788. The zero-order valence-corrected chi connectivity index (χ0v) is 22.7. The SMILES string of the molecule is CCN(CC)CCNC(=O)O[C@H]1CC[C@@]2(C)[C@H](CC[C@@H]3[C@@H]2CC[C@]2(C)[C@@H](C(=O)OC)CC[C@]32N)C1. The molecule has 0 aromatic carbocycles. The van der Waals surface area contributed by atoms with E-state index >= 15 is 0 Å². The Hall–Kier alpha value is -1.34. The first-order valence-corrected chi connectivity index (χ1v) is 14.2. The standard InChI is InChI=1S/C28H49N3O4/c1-6-31(7-2)17-16-30-25(33)35-20-10-13-26(3)19(18-20)8-9-22-21(26)11-14-27(4)23(24(32)34-5)12-15-28(22,27)29/h19-23H,6-18,29H2,1-5H3,(H,30,33)/t19-,20+,21+,22-,23-,26+,27-,28+/m1/s1. The van der Waals surface area contributed by atoms with Gasteiger partial charge in [-0.1, -0.05) is 27.7 Å². The van der Waals surface area contributed by atoms with Crippen LogP contribution in [0.25, 0.3) is 0 Å². The van der Waals surface area contributed by atoms with Gasteiger partial charge in [0.1, 0.15) is 6.10 Å². The maximum absolute atomic E-state index is 12.6. The largest absolute Gasteiger partial charge is 0.469 e. The number of nitrogens with two attached hydrogens (primary N) is 1. The van der Waals surface area contributed by atoms with Crippen LogP contribution in [0.3, 0.4) is 0 Å². The smallest absolute Gasteiger partial charge is 0.407 e. The van der Waals surface area contributed by atoms with Crippen molar-refractivity contribution in [3.8, 4) is 0 Å². The van der Waals surface area contributed by atoms with Gasteiger partial charge in [-0.05, 0) is 99.5 Å². The summed E-state index contributed by atoms with van der Waals surface area (Å²) in [5.74, 6) is 1.45. The van der Waals surface area contributed by atoms with Crippen molar-refractivity contribution in [2.24, 2.45) is 40.2 Å². The molecule has 0 bridgehead atoms. The van der Waals surface area contributed by atoms with Gasteiger partial charge in [-0.2, -0.15) is 0 Å². The molecule has 7 heteroatoms. The average Bonchev–Trinajstić information content (AvgIpc) is 3.12. The van der Waals surface area contributed by atoms with E-state index in [4.69, 9.17) is 15.2 Å². The lowest BCUT2D eigenvalue weighted by Gasteiger charge is -2.64. The van der Waals surface area contributed by atoms with Gasteiger partial charge in [-0.25, -0.2) is 4.79 Å². The number of nitrogens with one attached hydrogen (secondary N) is 1. The second-order valence-electron chi connectivity index (χ2n) is 12.4. The zero-order valence-electron chi connectivity index (χ0n) is 22.7. The van der Waals surface area contributed by atoms with Crippen LogP contribution in [-0.4, -0.2) is 61.9 Å². The minimum Gasteiger partial charge on any atom is -0.469 e. The molecule has 35 heavy (non-hydrogen) atoms. The van der Waals surface area contributed by atoms with Crippen LogP contribution in [0.4, 0.5) is 4.79 Å². The highest BCUT2D eigenvalue weighted by Gasteiger charge is 2.67. The molecule has 0 aromatic heterocycles. The van der Waals surface area contributed by atoms with E-state index in [1.54, 1.807) is 0 Å². The van der Waals surface area contributed by atoms with Crippen molar-refractivity contribution in [3.63, 3.8) is 0 Å². The van der Waals surface area contributed by atoms with Crippen LogP contribution in [0.2, 0.25) is 0 Å². The molecule has 4 rings (SSSR count). The Kier molecular flexibility index (Phi) is 7.78. The molecule has 4 fully saturated rings. The Balaban J connectivity index is 1.37. The molecule has 200 valence electrons. The van der Waals surface area contributed by atoms with Gasteiger partial charge in [0.25, 0.3) is 0 Å². The van der Waals surface area contributed by atoms with E-state index in [2.05, 4.69) is 37.9 Å². The molecule has 0 spiro atoms. The summed E-state index contributed by atoms with van der Waals surface area (Å²) < 4.78 is 11.1. The Morgan fingerprint density at radius 2 is 1.74 bits per heavy atom. The third-order valence-corrected chi connectivity index (χ3v) is 11.3. The first-order valence-electron chi connectivity index (χ1n) is 14.2. The second-order valence-corrected chi connectivity index (χ2v) is 12.4. The molecule has 0 aromatic rings. The van der Waals surface area contributed by atoms with Crippen LogP contribution < -0.4 is 11.1 Å². The number of carbonyl (C=O) groups is 2. The lowest BCUT2D eigenvalue weighted by molar-refractivity contribution is -0.160. The maximum Gasteiger partial charge on any atom is 0.407 e. The number of alkyl carbamates (subject to hydrolysis) is 1. The monoisotopic (exact) mass is 491 g/mol. The number of rotatable bonds is 7. The number of methoxy groups -OCH3 is 1. The van der Waals surface area contributed by atoms with Crippen LogP contribution in [0, 0.1) is 34.5 Å². The molecule has 4 saturated carbocycles.